The van der Waals surface area contributed by atoms with Gasteiger partial charge in [-0.3, -0.25) is 0 Å². The van der Waals surface area contributed by atoms with Crippen LogP contribution in [0.3, 0.4) is 0 Å². The van der Waals surface area contributed by atoms with Crippen LogP contribution < -0.4 is 5.32 Å². The third-order valence-electron chi connectivity index (χ3n) is 3.17. The van der Waals surface area contributed by atoms with Crippen molar-refractivity contribution in [1.29, 1.82) is 0 Å². The molecule has 0 bridgehead atoms. The molecule has 0 aliphatic carbocycles. The highest BCUT2D eigenvalue weighted by Crippen LogP contribution is 2.23. The van der Waals surface area contributed by atoms with Crippen LogP contribution in [-0.4, -0.2) is 0 Å². The molecule has 0 heterocycles. The normalized spacial score (nSPS) is 10.5. The zero-order chi connectivity index (χ0) is 13.8. The summed E-state index contributed by atoms with van der Waals surface area (Å²) < 4.78 is 1.12. The maximum Gasteiger partial charge on any atom is 0.0438 e. The van der Waals surface area contributed by atoms with Gasteiger partial charge in [0, 0.05) is 21.7 Å². The number of aryl methyl sites for hydroxylation is 2. The first kappa shape index (κ1) is 14.4. The minimum absolute atomic E-state index is 0.786. The van der Waals surface area contributed by atoms with Gasteiger partial charge < -0.3 is 5.32 Å². The van der Waals surface area contributed by atoms with Crippen LogP contribution in [0, 0.1) is 6.92 Å². The summed E-state index contributed by atoms with van der Waals surface area (Å²) in [4.78, 5) is 0. The van der Waals surface area contributed by atoms with Gasteiger partial charge in [-0.1, -0.05) is 46.6 Å². The van der Waals surface area contributed by atoms with Crippen LogP contribution in [0.4, 0.5) is 5.69 Å². The van der Waals surface area contributed by atoms with E-state index in [-0.39, 0.29) is 0 Å². The summed E-state index contributed by atoms with van der Waals surface area (Å²) in [5, 5.41) is 4.30. The van der Waals surface area contributed by atoms with E-state index in [1.807, 2.05) is 13.0 Å². The summed E-state index contributed by atoms with van der Waals surface area (Å²) in [7, 11) is 0. The number of hydrogen-bond donors (Lipinski definition) is 1. The summed E-state index contributed by atoms with van der Waals surface area (Å²) in [5.74, 6) is 0. The predicted octanol–water partition coefficient (Wildman–Crippen LogP) is 5.59. The van der Waals surface area contributed by atoms with Crippen LogP contribution in [0.25, 0.3) is 0 Å². The van der Waals surface area contributed by atoms with Crippen molar-refractivity contribution in [3.8, 4) is 0 Å². The van der Waals surface area contributed by atoms with Crippen molar-refractivity contribution in [2.24, 2.45) is 0 Å². The van der Waals surface area contributed by atoms with Crippen LogP contribution in [0.5, 0.6) is 0 Å². The maximum atomic E-state index is 6.14. The van der Waals surface area contributed by atoms with Gasteiger partial charge in [0.2, 0.25) is 0 Å². The largest absolute Gasteiger partial charge is 0.381 e. The standard InChI is InChI=1S/C16H17BrClN/c1-3-13-9-14(17)6-7-16(13)19-10-12-5-4-11(2)15(18)8-12/h4-9,19H,3,10H2,1-2H3. The van der Waals surface area contributed by atoms with Crippen LogP contribution >= 0.6 is 27.5 Å². The second-order valence-corrected chi connectivity index (χ2v) is 5.91. The fraction of sp³-hybridized carbons (Fsp3) is 0.250. The van der Waals surface area contributed by atoms with Gasteiger partial charge in [-0.2, -0.15) is 0 Å². The second kappa shape index (κ2) is 6.44. The Morgan fingerprint density at radius 1 is 1.16 bits per heavy atom. The maximum absolute atomic E-state index is 6.14. The highest BCUT2D eigenvalue weighted by Gasteiger charge is 2.02. The van der Waals surface area contributed by atoms with Gasteiger partial charge in [0.15, 0.2) is 0 Å². The molecule has 0 fully saturated rings. The SMILES string of the molecule is CCc1cc(Br)ccc1NCc1ccc(C)c(Cl)c1. The molecule has 0 saturated carbocycles. The third kappa shape index (κ3) is 3.74. The molecule has 0 radical (unpaired) electrons. The van der Waals surface area contributed by atoms with Crippen LogP contribution in [0.15, 0.2) is 40.9 Å². The summed E-state index contributed by atoms with van der Waals surface area (Å²) >= 11 is 9.65. The second-order valence-electron chi connectivity index (χ2n) is 4.59. The van der Waals surface area contributed by atoms with Crippen molar-refractivity contribution < 1.29 is 0 Å². The molecule has 1 N–H and O–H groups in total. The van der Waals surface area contributed by atoms with Crippen LogP contribution in [0.2, 0.25) is 5.02 Å². The Balaban J connectivity index is 2.12. The first-order valence-corrected chi connectivity index (χ1v) is 7.54. The van der Waals surface area contributed by atoms with E-state index in [1.165, 1.54) is 16.8 Å². The Morgan fingerprint density at radius 3 is 2.63 bits per heavy atom. The summed E-state index contributed by atoms with van der Waals surface area (Å²) in [6, 6.07) is 12.5. The molecule has 0 saturated heterocycles. The lowest BCUT2D eigenvalue weighted by Gasteiger charge is -2.12. The Hall–Kier alpha value is -0.990. The first-order chi connectivity index (χ1) is 9.10. The molecular formula is C16H17BrClN. The molecule has 0 unspecified atom stereocenters. The Bertz CT molecular complexity index is 581. The lowest BCUT2D eigenvalue weighted by atomic mass is 10.1. The fourth-order valence-corrected chi connectivity index (χ4v) is 2.58. The first-order valence-electron chi connectivity index (χ1n) is 6.37. The average Bonchev–Trinajstić information content (AvgIpc) is 2.41. The Labute approximate surface area is 128 Å². The predicted molar refractivity (Wildman–Crippen MR) is 87.0 cm³/mol. The topological polar surface area (TPSA) is 12.0 Å². The van der Waals surface area contributed by atoms with Crippen molar-refractivity contribution in [2.75, 3.05) is 5.32 Å². The number of anilines is 1. The average molecular weight is 339 g/mol. The lowest BCUT2D eigenvalue weighted by Crippen LogP contribution is -2.02. The molecule has 0 aromatic heterocycles. The van der Waals surface area contributed by atoms with Gasteiger partial charge in [-0.15, -0.1) is 0 Å². The molecule has 0 spiro atoms. The number of benzene rings is 2. The Morgan fingerprint density at radius 2 is 1.95 bits per heavy atom. The Kier molecular flexibility index (Phi) is 4.89. The number of nitrogens with one attached hydrogen (secondary N) is 1. The monoisotopic (exact) mass is 337 g/mol. The molecule has 19 heavy (non-hydrogen) atoms. The zero-order valence-corrected chi connectivity index (χ0v) is 13.5. The smallest absolute Gasteiger partial charge is 0.0438 e. The zero-order valence-electron chi connectivity index (χ0n) is 11.1. The van der Waals surface area contributed by atoms with Gasteiger partial charge in [0.25, 0.3) is 0 Å². The van der Waals surface area contributed by atoms with Crippen molar-refractivity contribution in [1.82, 2.24) is 0 Å². The van der Waals surface area contributed by atoms with E-state index in [0.29, 0.717) is 0 Å². The highest BCUT2D eigenvalue weighted by atomic mass is 79.9. The van der Waals surface area contributed by atoms with Gasteiger partial charge in [-0.25, -0.2) is 0 Å². The van der Waals surface area contributed by atoms with Gasteiger partial charge >= 0.3 is 0 Å². The summed E-state index contributed by atoms with van der Waals surface area (Å²) in [5.41, 5.74) is 4.80. The van der Waals surface area contributed by atoms with Gasteiger partial charge in [-0.05, 0) is 54.3 Å². The molecule has 0 aliphatic rings. The van der Waals surface area contributed by atoms with Gasteiger partial charge in [0.1, 0.15) is 0 Å². The molecule has 2 aromatic rings. The molecular weight excluding hydrogens is 322 g/mol. The quantitative estimate of drug-likeness (QED) is 0.766. The van der Waals surface area contributed by atoms with Crippen molar-refractivity contribution >= 4 is 33.2 Å². The molecule has 2 aromatic carbocycles. The molecule has 0 atom stereocenters. The van der Waals surface area contributed by atoms with Crippen LogP contribution in [-0.2, 0) is 13.0 Å². The van der Waals surface area contributed by atoms with E-state index >= 15 is 0 Å². The molecule has 1 nitrogen and oxygen atoms in total. The summed E-state index contributed by atoms with van der Waals surface area (Å²) in [6.07, 6.45) is 1.01. The van der Waals surface area contributed by atoms with Crippen molar-refractivity contribution in [3.63, 3.8) is 0 Å². The van der Waals surface area contributed by atoms with E-state index < -0.39 is 0 Å². The molecule has 2 rings (SSSR count). The minimum Gasteiger partial charge on any atom is -0.381 e. The van der Waals surface area contributed by atoms with Crippen molar-refractivity contribution in [3.05, 3.63) is 62.6 Å². The number of halogens is 2. The molecule has 100 valence electrons. The van der Waals surface area contributed by atoms with Gasteiger partial charge in [0.05, 0.1) is 0 Å². The lowest BCUT2D eigenvalue weighted by molar-refractivity contribution is 1.09. The third-order valence-corrected chi connectivity index (χ3v) is 4.07. The van der Waals surface area contributed by atoms with E-state index in [0.717, 1.165) is 28.0 Å². The molecule has 0 amide bonds. The van der Waals surface area contributed by atoms with Crippen molar-refractivity contribution in [2.45, 2.75) is 26.8 Å². The fourth-order valence-electron chi connectivity index (χ4n) is 1.97. The van der Waals surface area contributed by atoms with E-state index in [1.54, 1.807) is 0 Å². The number of hydrogen-bond acceptors (Lipinski definition) is 1. The van der Waals surface area contributed by atoms with E-state index in [9.17, 15) is 0 Å². The molecule has 3 heteroatoms. The van der Waals surface area contributed by atoms with E-state index in [2.05, 4.69) is 58.5 Å². The number of rotatable bonds is 4. The summed E-state index contributed by atoms with van der Waals surface area (Å²) in [6.45, 7) is 4.97. The highest BCUT2D eigenvalue weighted by molar-refractivity contribution is 9.10. The minimum atomic E-state index is 0.786. The molecule has 0 aliphatic heterocycles. The van der Waals surface area contributed by atoms with Crippen LogP contribution in [0.1, 0.15) is 23.6 Å². The van der Waals surface area contributed by atoms with E-state index in [4.69, 9.17) is 11.6 Å².